The highest BCUT2D eigenvalue weighted by Gasteiger charge is 2.17. The minimum Gasteiger partial charge on any atom is -0.314 e. The molecule has 0 bridgehead atoms. The van der Waals surface area contributed by atoms with E-state index in [1.165, 1.54) is 16.7 Å². The van der Waals surface area contributed by atoms with Crippen molar-refractivity contribution in [2.45, 2.75) is 40.5 Å². The molecule has 0 heterocycles. The van der Waals surface area contributed by atoms with Crippen LogP contribution in [0, 0.1) is 6.92 Å². The molecule has 0 unspecified atom stereocenters. The third kappa shape index (κ3) is 7.22. The van der Waals surface area contributed by atoms with Crippen LogP contribution in [0.2, 0.25) is 0 Å². The van der Waals surface area contributed by atoms with Gasteiger partial charge in [0.05, 0.1) is 0 Å². The van der Waals surface area contributed by atoms with Crippen LogP contribution in [0.3, 0.4) is 0 Å². The summed E-state index contributed by atoms with van der Waals surface area (Å²) in [6.45, 7) is 20.8. The van der Waals surface area contributed by atoms with E-state index in [9.17, 15) is 0 Å². The van der Waals surface area contributed by atoms with Crippen molar-refractivity contribution in [3.8, 4) is 0 Å². The summed E-state index contributed by atoms with van der Waals surface area (Å²) in [5.41, 5.74) is 8.88. The Morgan fingerprint density at radius 1 is 1.06 bits per heavy atom. The second-order valence-electron chi connectivity index (χ2n) is 8.04. The molecule has 1 aliphatic rings. The first kappa shape index (κ1) is 25.7. The Kier molecular flexibility index (Phi) is 10.2. The van der Waals surface area contributed by atoms with E-state index in [-0.39, 0.29) is 0 Å². The molecule has 0 fully saturated rings. The van der Waals surface area contributed by atoms with Gasteiger partial charge in [-0.1, -0.05) is 92.6 Å². The zero-order valence-corrected chi connectivity index (χ0v) is 20.6. The van der Waals surface area contributed by atoms with Crippen LogP contribution in [0.15, 0.2) is 145 Å². The molecule has 33 heavy (non-hydrogen) atoms. The average Bonchev–Trinajstić information content (AvgIpc) is 2.81. The predicted molar refractivity (Wildman–Crippen MR) is 148 cm³/mol. The van der Waals surface area contributed by atoms with Crippen LogP contribution >= 0.6 is 0 Å². The zero-order valence-electron chi connectivity index (χ0n) is 20.6. The van der Waals surface area contributed by atoms with Gasteiger partial charge in [-0.05, 0) is 86.6 Å². The Balaban J connectivity index is 2.55. The van der Waals surface area contributed by atoms with Crippen molar-refractivity contribution in [1.29, 1.82) is 0 Å². The summed E-state index contributed by atoms with van der Waals surface area (Å²) >= 11 is 0. The quantitative estimate of drug-likeness (QED) is 0.349. The first-order valence-electron chi connectivity index (χ1n) is 11.5. The van der Waals surface area contributed by atoms with Gasteiger partial charge in [0, 0.05) is 17.1 Å². The summed E-state index contributed by atoms with van der Waals surface area (Å²) in [5.74, 6) is 0. The minimum absolute atomic E-state index is 0.884. The number of nitrogens with zero attached hydrogens (tertiary/aromatic N) is 1. The van der Waals surface area contributed by atoms with Crippen LogP contribution in [0.1, 0.15) is 39.2 Å². The Morgan fingerprint density at radius 3 is 2.52 bits per heavy atom. The fraction of sp³-hybridized carbons (Fsp3) is 0.188. The van der Waals surface area contributed by atoms with E-state index in [4.69, 9.17) is 0 Å². The van der Waals surface area contributed by atoms with Crippen LogP contribution in [-0.2, 0) is 0 Å². The first-order chi connectivity index (χ1) is 15.9. The molecule has 1 aliphatic carbocycles. The molecule has 0 N–H and O–H groups in total. The first-order valence-corrected chi connectivity index (χ1v) is 11.5. The summed E-state index contributed by atoms with van der Waals surface area (Å²) in [4.78, 5) is 2.23. The van der Waals surface area contributed by atoms with Gasteiger partial charge in [-0.15, -0.1) is 0 Å². The Bertz CT molecular complexity index is 1090. The van der Waals surface area contributed by atoms with E-state index in [2.05, 4.69) is 93.1 Å². The molecule has 0 saturated heterocycles. The van der Waals surface area contributed by atoms with Crippen LogP contribution in [0.25, 0.3) is 0 Å². The van der Waals surface area contributed by atoms with Gasteiger partial charge in [0.2, 0.25) is 0 Å². The van der Waals surface area contributed by atoms with E-state index >= 15 is 0 Å². The Hall–Kier alpha value is -3.58. The van der Waals surface area contributed by atoms with E-state index in [1.54, 1.807) is 6.08 Å². The number of hydrogen-bond acceptors (Lipinski definition) is 1. The topological polar surface area (TPSA) is 3.24 Å². The normalized spacial score (nSPS) is 17.3. The van der Waals surface area contributed by atoms with Gasteiger partial charge in [0.25, 0.3) is 0 Å². The lowest BCUT2D eigenvalue weighted by atomic mass is 9.92. The van der Waals surface area contributed by atoms with Crippen molar-refractivity contribution in [3.05, 3.63) is 150 Å². The van der Waals surface area contributed by atoms with Crippen LogP contribution in [0.5, 0.6) is 0 Å². The second-order valence-corrected chi connectivity index (χ2v) is 8.04. The monoisotopic (exact) mass is 435 g/mol. The van der Waals surface area contributed by atoms with E-state index in [0.29, 0.717) is 0 Å². The Labute approximate surface area is 201 Å². The van der Waals surface area contributed by atoms with Crippen LogP contribution in [-0.4, -0.2) is 0 Å². The summed E-state index contributed by atoms with van der Waals surface area (Å²) in [6, 6.07) is 8.54. The number of aryl methyl sites for hydroxylation is 1. The van der Waals surface area contributed by atoms with E-state index in [1.807, 2.05) is 44.2 Å². The highest BCUT2D eigenvalue weighted by Crippen LogP contribution is 2.33. The lowest BCUT2D eigenvalue weighted by molar-refractivity contribution is 0.947. The maximum Gasteiger partial charge on any atom is 0.0460 e. The molecule has 0 amide bonds. The molecule has 1 nitrogen and oxygen atoms in total. The van der Waals surface area contributed by atoms with Crippen molar-refractivity contribution >= 4 is 5.69 Å². The van der Waals surface area contributed by atoms with Gasteiger partial charge < -0.3 is 4.90 Å². The summed E-state index contributed by atoms with van der Waals surface area (Å²) in [5, 5.41) is 0. The molecular formula is C32H37N. The van der Waals surface area contributed by atoms with Gasteiger partial charge in [-0.3, -0.25) is 0 Å². The van der Waals surface area contributed by atoms with Crippen molar-refractivity contribution < 1.29 is 0 Å². The number of benzene rings is 1. The average molecular weight is 436 g/mol. The number of hydrogen-bond donors (Lipinski definition) is 0. The molecule has 0 radical (unpaired) electrons. The van der Waals surface area contributed by atoms with Gasteiger partial charge in [-0.2, -0.15) is 0 Å². The largest absolute Gasteiger partial charge is 0.314 e. The van der Waals surface area contributed by atoms with Crippen molar-refractivity contribution in [1.82, 2.24) is 0 Å². The van der Waals surface area contributed by atoms with Gasteiger partial charge >= 0.3 is 0 Å². The number of anilines is 1. The Morgan fingerprint density at radius 2 is 1.85 bits per heavy atom. The molecule has 1 aromatic rings. The van der Waals surface area contributed by atoms with Crippen molar-refractivity contribution in [2.75, 3.05) is 4.90 Å². The van der Waals surface area contributed by atoms with Gasteiger partial charge in [-0.25, -0.2) is 0 Å². The van der Waals surface area contributed by atoms with E-state index in [0.717, 1.165) is 41.1 Å². The summed E-state index contributed by atoms with van der Waals surface area (Å²) in [7, 11) is 0. The molecule has 2 rings (SSSR count). The summed E-state index contributed by atoms with van der Waals surface area (Å²) in [6.07, 6.45) is 24.9. The minimum atomic E-state index is 0.884. The summed E-state index contributed by atoms with van der Waals surface area (Å²) < 4.78 is 0. The fourth-order valence-electron chi connectivity index (χ4n) is 3.83. The predicted octanol–water partition coefficient (Wildman–Crippen LogP) is 9.24. The molecule has 0 aromatic heterocycles. The SMILES string of the molecule is C=C/C=C(\C=C/C)C(=C)/C=C\C(=C)N(\C(C)=C1/C=CCC/C1=C/C=C\C)c1cccc(C)c1. The molecule has 1 aromatic carbocycles. The second kappa shape index (κ2) is 13.1. The number of rotatable bonds is 9. The molecule has 0 saturated carbocycles. The third-order valence-electron chi connectivity index (χ3n) is 5.46. The molecule has 0 spiro atoms. The van der Waals surface area contributed by atoms with Gasteiger partial charge in [0.1, 0.15) is 0 Å². The van der Waals surface area contributed by atoms with E-state index < -0.39 is 0 Å². The molecule has 1 heteroatoms. The van der Waals surface area contributed by atoms with Gasteiger partial charge in [0.15, 0.2) is 0 Å². The van der Waals surface area contributed by atoms with Crippen LogP contribution in [0.4, 0.5) is 5.69 Å². The van der Waals surface area contributed by atoms with Crippen molar-refractivity contribution in [3.63, 3.8) is 0 Å². The highest BCUT2D eigenvalue weighted by atomic mass is 15.1. The maximum atomic E-state index is 4.44. The molecule has 0 atom stereocenters. The smallest absolute Gasteiger partial charge is 0.0460 e. The lowest BCUT2D eigenvalue weighted by Crippen LogP contribution is -2.21. The lowest BCUT2D eigenvalue weighted by Gasteiger charge is -2.30. The standard InChI is InChI=1S/C32H37N/c1-8-11-18-30-19-12-13-21-32(30)28(7)33(31-20-14-17-25(4)24-31)27(6)23-22-26(5)29(15-9-2)16-10-3/h8-11,13-18,20-24H,2,5-6,12,19H2,1,3-4,7H3/b11-8-,16-10-,23-22-,29-15+,30-18-,32-28+. The maximum absolute atomic E-state index is 4.44. The molecule has 0 aliphatic heterocycles. The van der Waals surface area contributed by atoms with Crippen LogP contribution < -0.4 is 4.90 Å². The van der Waals surface area contributed by atoms with Crippen molar-refractivity contribution in [2.24, 2.45) is 0 Å². The molecular weight excluding hydrogens is 398 g/mol. The number of allylic oxidation sites excluding steroid dienone is 16. The zero-order chi connectivity index (χ0) is 24.2. The third-order valence-corrected chi connectivity index (χ3v) is 5.46. The highest BCUT2D eigenvalue weighted by molar-refractivity contribution is 5.65. The molecule has 170 valence electrons. The fourth-order valence-corrected chi connectivity index (χ4v) is 3.83.